The van der Waals surface area contributed by atoms with Gasteiger partial charge in [-0.3, -0.25) is 4.90 Å². The molecule has 4 nitrogen and oxygen atoms in total. The fourth-order valence-corrected chi connectivity index (χ4v) is 3.25. The van der Waals surface area contributed by atoms with Gasteiger partial charge in [0.05, 0.1) is 0 Å². The summed E-state index contributed by atoms with van der Waals surface area (Å²) >= 11 is 0. The van der Waals surface area contributed by atoms with Crippen molar-refractivity contribution in [1.82, 2.24) is 14.9 Å². The van der Waals surface area contributed by atoms with E-state index in [4.69, 9.17) is 0 Å². The van der Waals surface area contributed by atoms with E-state index in [0.29, 0.717) is 0 Å². The number of hydrogen-bond acceptors (Lipinski definition) is 4. The molecule has 0 bridgehead atoms. The summed E-state index contributed by atoms with van der Waals surface area (Å²) in [5.74, 6) is 1.81. The molecule has 0 amide bonds. The third kappa shape index (κ3) is 2.48. The molecule has 1 aromatic heterocycles. The summed E-state index contributed by atoms with van der Waals surface area (Å²) in [6.07, 6.45) is 7.85. The zero-order valence-corrected chi connectivity index (χ0v) is 11.1. The summed E-state index contributed by atoms with van der Waals surface area (Å²) in [5, 5.41) is 0. The van der Waals surface area contributed by atoms with Crippen LogP contribution in [0.5, 0.6) is 0 Å². The van der Waals surface area contributed by atoms with Crippen LogP contribution in [0.15, 0.2) is 18.5 Å². The third-order valence-electron chi connectivity index (χ3n) is 4.33. The van der Waals surface area contributed by atoms with Gasteiger partial charge in [-0.1, -0.05) is 6.92 Å². The van der Waals surface area contributed by atoms with Crippen LogP contribution in [0.25, 0.3) is 0 Å². The highest BCUT2D eigenvalue weighted by Crippen LogP contribution is 2.29. The van der Waals surface area contributed by atoms with Crippen molar-refractivity contribution in [2.75, 3.05) is 31.1 Å². The van der Waals surface area contributed by atoms with Crippen molar-refractivity contribution in [2.24, 2.45) is 5.92 Å². The van der Waals surface area contributed by atoms with Gasteiger partial charge < -0.3 is 4.90 Å². The fraction of sp³-hybridized carbons (Fsp3) is 0.714. The molecule has 2 heterocycles. The molecule has 0 radical (unpaired) electrons. The van der Waals surface area contributed by atoms with Crippen LogP contribution in [0.4, 0.5) is 5.95 Å². The summed E-state index contributed by atoms with van der Waals surface area (Å²) in [5.41, 5.74) is 0. The van der Waals surface area contributed by atoms with Gasteiger partial charge in [0.25, 0.3) is 0 Å². The molecule has 1 aliphatic heterocycles. The predicted octanol–water partition coefficient (Wildman–Crippen LogP) is 1.79. The first-order valence-corrected chi connectivity index (χ1v) is 7.09. The summed E-state index contributed by atoms with van der Waals surface area (Å²) in [4.78, 5) is 13.6. The van der Waals surface area contributed by atoms with Gasteiger partial charge >= 0.3 is 0 Å². The van der Waals surface area contributed by atoms with E-state index in [0.717, 1.165) is 44.1 Å². The minimum atomic E-state index is 0.832. The highest BCUT2D eigenvalue weighted by atomic mass is 15.3. The average molecular weight is 246 g/mol. The van der Waals surface area contributed by atoms with Crippen molar-refractivity contribution in [1.29, 1.82) is 0 Å². The van der Waals surface area contributed by atoms with E-state index in [9.17, 15) is 0 Å². The molecule has 2 atom stereocenters. The minimum Gasteiger partial charge on any atom is -0.338 e. The Labute approximate surface area is 109 Å². The molecule has 0 N–H and O–H groups in total. The molecule has 98 valence electrons. The number of aromatic nitrogens is 2. The van der Waals surface area contributed by atoms with E-state index in [2.05, 4.69) is 26.7 Å². The first-order chi connectivity index (χ1) is 8.83. The number of rotatable bonds is 2. The van der Waals surface area contributed by atoms with Crippen LogP contribution < -0.4 is 4.90 Å². The molecule has 18 heavy (non-hydrogen) atoms. The number of anilines is 1. The molecule has 1 aliphatic carbocycles. The number of nitrogens with zero attached hydrogens (tertiary/aromatic N) is 4. The first kappa shape index (κ1) is 11.9. The SMILES string of the molecule is C[C@H]1CC[C@@H](N2CCN(c3ncccn3)CC2)C1. The number of piperazine rings is 1. The third-order valence-corrected chi connectivity index (χ3v) is 4.33. The highest BCUT2D eigenvalue weighted by Gasteiger charge is 2.29. The second-order valence-electron chi connectivity index (χ2n) is 5.64. The molecular formula is C14H22N4. The van der Waals surface area contributed by atoms with Crippen molar-refractivity contribution in [2.45, 2.75) is 32.2 Å². The lowest BCUT2D eigenvalue weighted by molar-refractivity contribution is 0.184. The van der Waals surface area contributed by atoms with Gasteiger partial charge in [-0.2, -0.15) is 0 Å². The van der Waals surface area contributed by atoms with Gasteiger partial charge in [0.15, 0.2) is 0 Å². The molecular weight excluding hydrogens is 224 g/mol. The molecule has 0 unspecified atom stereocenters. The van der Waals surface area contributed by atoms with Gasteiger partial charge in [0.1, 0.15) is 0 Å². The summed E-state index contributed by atoms with van der Waals surface area (Å²) in [6, 6.07) is 2.71. The smallest absolute Gasteiger partial charge is 0.225 e. The van der Waals surface area contributed by atoms with Crippen molar-refractivity contribution in [3.05, 3.63) is 18.5 Å². The lowest BCUT2D eigenvalue weighted by atomic mass is 10.1. The normalized spacial score (nSPS) is 29.7. The maximum absolute atomic E-state index is 4.33. The Bertz CT molecular complexity index is 373. The van der Waals surface area contributed by atoms with Crippen LogP contribution in [0.1, 0.15) is 26.2 Å². The summed E-state index contributed by atoms with van der Waals surface area (Å²) < 4.78 is 0. The Morgan fingerprint density at radius 1 is 1.06 bits per heavy atom. The van der Waals surface area contributed by atoms with Crippen molar-refractivity contribution >= 4 is 5.95 Å². The Morgan fingerprint density at radius 3 is 2.39 bits per heavy atom. The van der Waals surface area contributed by atoms with E-state index < -0.39 is 0 Å². The van der Waals surface area contributed by atoms with Crippen LogP contribution in [-0.2, 0) is 0 Å². The molecule has 1 saturated carbocycles. The van der Waals surface area contributed by atoms with E-state index in [1.165, 1.54) is 19.3 Å². The van der Waals surface area contributed by atoms with Gasteiger partial charge in [-0.05, 0) is 31.2 Å². The van der Waals surface area contributed by atoms with Crippen LogP contribution in [-0.4, -0.2) is 47.1 Å². The average Bonchev–Trinajstić information content (AvgIpc) is 2.87. The Morgan fingerprint density at radius 2 is 1.78 bits per heavy atom. The van der Waals surface area contributed by atoms with Gasteiger partial charge in [-0.15, -0.1) is 0 Å². The van der Waals surface area contributed by atoms with Crippen molar-refractivity contribution in [3.8, 4) is 0 Å². The molecule has 2 fully saturated rings. The van der Waals surface area contributed by atoms with Gasteiger partial charge in [0, 0.05) is 44.6 Å². The first-order valence-electron chi connectivity index (χ1n) is 7.09. The van der Waals surface area contributed by atoms with Crippen molar-refractivity contribution < 1.29 is 0 Å². The predicted molar refractivity (Wildman–Crippen MR) is 72.6 cm³/mol. The van der Waals surface area contributed by atoms with Crippen LogP contribution >= 0.6 is 0 Å². The number of hydrogen-bond donors (Lipinski definition) is 0. The standard InChI is InChI=1S/C14H22N4/c1-12-3-4-13(11-12)17-7-9-18(10-8-17)14-15-5-2-6-16-14/h2,5-6,12-13H,3-4,7-11H2,1H3/t12-,13+/m0/s1. The quantitative estimate of drug-likeness (QED) is 0.796. The largest absolute Gasteiger partial charge is 0.338 e. The fourth-order valence-electron chi connectivity index (χ4n) is 3.25. The van der Waals surface area contributed by atoms with Crippen molar-refractivity contribution in [3.63, 3.8) is 0 Å². The Hall–Kier alpha value is -1.16. The van der Waals surface area contributed by atoms with Crippen LogP contribution in [0.2, 0.25) is 0 Å². The summed E-state index contributed by atoms with van der Waals surface area (Å²) in [7, 11) is 0. The molecule has 2 aliphatic rings. The second-order valence-corrected chi connectivity index (χ2v) is 5.64. The molecule has 4 heteroatoms. The lowest BCUT2D eigenvalue weighted by Gasteiger charge is -2.38. The van der Waals surface area contributed by atoms with Gasteiger partial charge in [-0.25, -0.2) is 9.97 Å². The Kier molecular flexibility index (Phi) is 3.46. The molecule has 1 aromatic rings. The molecule has 1 saturated heterocycles. The topological polar surface area (TPSA) is 32.3 Å². The maximum atomic E-state index is 4.33. The van der Waals surface area contributed by atoms with E-state index in [-0.39, 0.29) is 0 Å². The lowest BCUT2D eigenvalue weighted by Crippen LogP contribution is -2.50. The molecule has 0 spiro atoms. The van der Waals surface area contributed by atoms with E-state index in [1.54, 1.807) is 0 Å². The molecule has 0 aromatic carbocycles. The highest BCUT2D eigenvalue weighted by molar-refractivity contribution is 5.29. The molecule has 3 rings (SSSR count). The minimum absolute atomic E-state index is 0.832. The Balaban J connectivity index is 1.55. The zero-order valence-electron chi connectivity index (χ0n) is 11.1. The van der Waals surface area contributed by atoms with Crippen LogP contribution in [0, 0.1) is 5.92 Å². The second kappa shape index (κ2) is 5.22. The van der Waals surface area contributed by atoms with E-state index in [1.807, 2.05) is 18.5 Å². The van der Waals surface area contributed by atoms with E-state index >= 15 is 0 Å². The zero-order chi connectivity index (χ0) is 12.4. The maximum Gasteiger partial charge on any atom is 0.225 e. The summed E-state index contributed by atoms with van der Waals surface area (Å²) in [6.45, 7) is 6.84. The van der Waals surface area contributed by atoms with Gasteiger partial charge in [0.2, 0.25) is 5.95 Å². The van der Waals surface area contributed by atoms with Crippen LogP contribution in [0.3, 0.4) is 0 Å². The monoisotopic (exact) mass is 246 g/mol.